The van der Waals surface area contributed by atoms with Gasteiger partial charge in [0.1, 0.15) is 11.2 Å². The van der Waals surface area contributed by atoms with E-state index < -0.39 is 290 Å². The summed E-state index contributed by atoms with van der Waals surface area (Å²) in [6.45, 7) is 0. The highest BCUT2D eigenvalue weighted by Gasteiger charge is 2.20. The molecular weight excluding hydrogens is 617 g/mol. The molecule has 0 saturated carbocycles. The highest BCUT2D eigenvalue weighted by Crippen LogP contribution is 2.47. The van der Waals surface area contributed by atoms with Crippen molar-refractivity contribution < 1.29 is 45.5 Å². The minimum absolute atomic E-state index is 0.412. The largest absolute Gasteiger partial charge is 0.456 e. The zero-order valence-corrected chi connectivity index (χ0v) is 25.4. The highest BCUT2D eigenvalue weighted by atomic mass is 16.3. The van der Waals surface area contributed by atoms with Crippen LogP contribution in [-0.4, -0.2) is 0 Å². The molecule has 0 unspecified atom stereocenters. The van der Waals surface area contributed by atoms with Crippen molar-refractivity contribution in [3.8, 4) is 33.4 Å². The van der Waals surface area contributed by atoms with Crippen LogP contribution in [0.4, 0.5) is 0 Å². The minimum Gasteiger partial charge on any atom is -0.456 e. The van der Waals surface area contributed by atoms with Crippen molar-refractivity contribution >= 4 is 75.8 Å². The van der Waals surface area contributed by atoms with Crippen LogP contribution < -0.4 is 0 Å². The third kappa shape index (κ3) is 4.22. The van der Waals surface area contributed by atoms with E-state index in [4.69, 9.17) is 27.7 Å². The molecule has 0 N–H and O–H groups in total. The van der Waals surface area contributed by atoms with E-state index in [1.807, 2.05) is 0 Å². The van der Waals surface area contributed by atoms with Crippen molar-refractivity contribution in [1.29, 1.82) is 0 Å². The Morgan fingerprint density at radius 3 is 1.55 bits per heavy atom. The van der Waals surface area contributed by atoms with Gasteiger partial charge in [0.05, 0.1) is 41.1 Å². The molecule has 0 bridgehead atoms. The summed E-state index contributed by atoms with van der Waals surface area (Å²) in [5, 5.41) is -7.93. The molecule has 1 nitrogen and oxygen atoms in total. The first-order chi connectivity index (χ1) is 37.8. The van der Waals surface area contributed by atoms with E-state index in [2.05, 4.69) is 0 Å². The molecule has 0 aliphatic rings. The molecule has 1 heteroatoms. The third-order valence-corrected chi connectivity index (χ3v) is 8.57. The average molecular weight is 677 g/mol. The van der Waals surface area contributed by atoms with Crippen LogP contribution in [0.3, 0.4) is 0 Å². The standard InChI is InChI=1S/C50H30O/c1-2-13-33-29-35(22-21-31(33)11-1)48-40-17-7-9-19-42(40)49(43-20-10-8-18-41(43)48)44-26-25-36(38-15-5-6-16-39(38)44)34-24-27-46-45(30-34)50-37-14-4-3-12-32(37)23-28-47(50)51-46/h1-30H/i1D,2D,3D,4D,5D,6D,7D,8D,9D,10D,11D,12D,13D,14D,15D,16D,17D,18D,19D,20D,21D,22D,23D,24D,25D,26D,27D,28D,29D,30D. The summed E-state index contributed by atoms with van der Waals surface area (Å²) in [6.07, 6.45) is 0. The Morgan fingerprint density at radius 2 is 0.824 bits per heavy atom. The number of rotatable bonds is 3. The van der Waals surface area contributed by atoms with Crippen molar-refractivity contribution in [3.63, 3.8) is 0 Å². The Bertz CT molecular complexity index is 4850. The summed E-state index contributed by atoms with van der Waals surface area (Å²) in [6, 6.07) is -28.5. The molecular formula is C50H30O. The molecule has 0 spiro atoms. The van der Waals surface area contributed by atoms with Crippen molar-refractivity contribution in [3.05, 3.63) is 181 Å². The summed E-state index contributed by atoms with van der Waals surface area (Å²) in [4.78, 5) is 0. The number of furan rings is 1. The summed E-state index contributed by atoms with van der Waals surface area (Å²) in [7, 11) is 0. The van der Waals surface area contributed by atoms with E-state index in [-0.39, 0.29) is 0 Å². The monoisotopic (exact) mass is 676 g/mol. The zero-order chi connectivity index (χ0) is 59.6. The normalized spacial score (nSPS) is 20.2. The lowest BCUT2D eigenvalue weighted by atomic mass is 9.83. The van der Waals surface area contributed by atoms with E-state index in [0.29, 0.717) is 0 Å². The van der Waals surface area contributed by atoms with Crippen molar-refractivity contribution in [2.45, 2.75) is 0 Å². The Balaban J connectivity index is 1.42. The molecule has 51 heavy (non-hydrogen) atoms. The van der Waals surface area contributed by atoms with Crippen LogP contribution >= 0.6 is 0 Å². The number of hydrogen-bond donors (Lipinski definition) is 0. The van der Waals surface area contributed by atoms with Gasteiger partial charge in [0, 0.05) is 10.8 Å². The van der Waals surface area contributed by atoms with Crippen LogP contribution in [0.15, 0.2) is 186 Å². The van der Waals surface area contributed by atoms with Gasteiger partial charge in [0.2, 0.25) is 0 Å². The van der Waals surface area contributed by atoms with Gasteiger partial charge in [-0.2, -0.15) is 0 Å². The first-order valence-electron chi connectivity index (χ1n) is 30.2. The Hall–Kier alpha value is -6.70. The summed E-state index contributed by atoms with van der Waals surface area (Å²) in [5.74, 6) is 0. The highest BCUT2D eigenvalue weighted by molar-refractivity contribution is 6.25. The topological polar surface area (TPSA) is 13.1 Å². The van der Waals surface area contributed by atoms with Crippen LogP contribution in [0.5, 0.6) is 0 Å². The Kier molecular flexibility index (Phi) is 2.50. The Labute approximate surface area is 336 Å². The molecule has 11 rings (SSSR count). The number of benzene rings is 10. The van der Waals surface area contributed by atoms with E-state index in [0.717, 1.165) is 0 Å². The zero-order valence-electron chi connectivity index (χ0n) is 55.4. The van der Waals surface area contributed by atoms with Gasteiger partial charge in [-0.05, 0) is 111 Å². The Morgan fingerprint density at radius 1 is 0.314 bits per heavy atom. The van der Waals surface area contributed by atoms with Crippen LogP contribution in [0.1, 0.15) is 41.1 Å². The average Bonchev–Trinajstić information content (AvgIpc) is 3.92. The van der Waals surface area contributed by atoms with E-state index in [1.165, 1.54) is 0 Å². The molecule has 1 heterocycles. The van der Waals surface area contributed by atoms with Gasteiger partial charge in [0.15, 0.2) is 0 Å². The van der Waals surface area contributed by atoms with Crippen LogP contribution in [0.25, 0.3) is 109 Å². The lowest BCUT2D eigenvalue weighted by Crippen LogP contribution is -1.92. The molecule has 236 valence electrons. The lowest BCUT2D eigenvalue weighted by molar-refractivity contribution is 0.669. The minimum atomic E-state index is -1.15. The van der Waals surface area contributed by atoms with Gasteiger partial charge in [-0.3, -0.25) is 0 Å². The van der Waals surface area contributed by atoms with E-state index in [9.17, 15) is 17.8 Å². The van der Waals surface area contributed by atoms with Gasteiger partial charge < -0.3 is 4.42 Å². The molecule has 0 radical (unpaired) electrons. The van der Waals surface area contributed by atoms with Gasteiger partial charge in [-0.1, -0.05) is 157 Å². The van der Waals surface area contributed by atoms with Crippen LogP contribution in [-0.2, 0) is 0 Å². The number of fused-ring (bicyclic) bond motifs is 9. The van der Waals surface area contributed by atoms with Gasteiger partial charge >= 0.3 is 0 Å². The molecule has 0 aliphatic heterocycles. The van der Waals surface area contributed by atoms with Crippen molar-refractivity contribution in [1.82, 2.24) is 0 Å². The second-order valence-corrected chi connectivity index (χ2v) is 11.3. The quantitative estimate of drug-likeness (QED) is 0.170. The third-order valence-electron chi connectivity index (χ3n) is 8.57. The fraction of sp³-hybridized carbons (Fsp3) is 0. The van der Waals surface area contributed by atoms with Crippen LogP contribution in [0, 0.1) is 0 Å². The fourth-order valence-electron chi connectivity index (χ4n) is 6.42. The lowest BCUT2D eigenvalue weighted by Gasteiger charge is -2.20. The molecule has 10 aromatic carbocycles. The van der Waals surface area contributed by atoms with E-state index in [1.54, 1.807) is 0 Å². The maximum Gasteiger partial charge on any atom is 0.136 e. The molecule has 1 aromatic heterocycles. The first kappa shape index (κ1) is 11.7. The molecule has 0 aliphatic carbocycles. The smallest absolute Gasteiger partial charge is 0.136 e. The van der Waals surface area contributed by atoms with E-state index >= 15 is 0 Å². The molecule has 0 amide bonds. The molecule has 0 fully saturated rings. The maximum absolute atomic E-state index is 9.99. The second kappa shape index (κ2) is 10.9. The summed E-state index contributed by atoms with van der Waals surface area (Å²) >= 11 is 0. The molecule has 11 aromatic rings. The second-order valence-electron chi connectivity index (χ2n) is 11.3. The molecule has 0 saturated heterocycles. The summed E-state index contributed by atoms with van der Waals surface area (Å²) in [5.41, 5.74) is -6.05. The van der Waals surface area contributed by atoms with Crippen molar-refractivity contribution in [2.24, 2.45) is 0 Å². The van der Waals surface area contributed by atoms with Crippen molar-refractivity contribution in [2.75, 3.05) is 0 Å². The summed E-state index contributed by atoms with van der Waals surface area (Å²) < 4.78 is 279. The predicted octanol–water partition coefficient (Wildman–Crippen LogP) is 14.4. The predicted molar refractivity (Wildman–Crippen MR) is 218 cm³/mol. The van der Waals surface area contributed by atoms with Crippen LogP contribution in [0.2, 0.25) is 0 Å². The SMILES string of the molecule is [2H]c1c(-c2c([2H])c([2H])c(-c3c4c([2H])c([2H])c([2H])c([2H])c4c(-c4c([2H])c([2H])c5c([2H])c([2H])c([2H])c([2H])c5c4[2H])c4c([2H])c([2H])c([2H])c([2H])c34)c3c([2H])c([2H])c([2H])c([2H])c23)c([2H])c2c(oc3c([2H])c([2H])c4c([2H])c([2H])c([2H])c([2H])c4c32)c1[2H]. The first-order valence-corrected chi connectivity index (χ1v) is 15.2. The number of hydrogen-bond acceptors (Lipinski definition) is 1. The van der Waals surface area contributed by atoms with Gasteiger partial charge in [-0.25, -0.2) is 0 Å². The fourth-order valence-corrected chi connectivity index (χ4v) is 6.42. The molecule has 0 atom stereocenters. The van der Waals surface area contributed by atoms with Gasteiger partial charge in [-0.15, -0.1) is 0 Å². The maximum atomic E-state index is 9.99. The van der Waals surface area contributed by atoms with Gasteiger partial charge in [0.25, 0.3) is 0 Å².